The summed E-state index contributed by atoms with van der Waals surface area (Å²) in [4.78, 5) is 28.1. The number of halogens is 2. The molecule has 0 unspecified atom stereocenters. The lowest BCUT2D eigenvalue weighted by Crippen LogP contribution is -2.27. The van der Waals surface area contributed by atoms with Crippen LogP contribution in [-0.2, 0) is 11.3 Å². The number of amides is 2. The number of nitrogens with zero attached hydrogens (tertiary/aromatic N) is 3. The highest BCUT2D eigenvalue weighted by Crippen LogP contribution is 2.18. The van der Waals surface area contributed by atoms with Gasteiger partial charge in [-0.3, -0.25) is 9.59 Å². The van der Waals surface area contributed by atoms with E-state index >= 15 is 0 Å². The SMILES string of the molecule is O=C(CCNC(=O)c1ccc(F)cc1Cl)Nc1cccc(OCCn2cncn2)c1. The van der Waals surface area contributed by atoms with Gasteiger partial charge in [-0.25, -0.2) is 14.1 Å². The lowest BCUT2D eigenvalue weighted by molar-refractivity contribution is -0.116. The number of nitrogens with one attached hydrogen (secondary N) is 2. The van der Waals surface area contributed by atoms with Crippen molar-refractivity contribution in [1.82, 2.24) is 20.1 Å². The highest BCUT2D eigenvalue weighted by molar-refractivity contribution is 6.33. The van der Waals surface area contributed by atoms with Crippen LogP contribution in [0.2, 0.25) is 5.02 Å². The van der Waals surface area contributed by atoms with Gasteiger partial charge in [0.25, 0.3) is 5.91 Å². The molecule has 2 N–H and O–H groups in total. The van der Waals surface area contributed by atoms with E-state index in [0.29, 0.717) is 24.6 Å². The fourth-order valence-corrected chi connectivity index (χ4v) is 2.80. The van der Waals surface area contributed by atoms with Crippen molar-refractivity contribution in [3.8, 4) is 5.75 Å². The normalized spacial score (nSPS) is 10.5. The Morgan fingerprint density at radius 2 is 2.07 bits per heavy atom. The predicted molar refractivity (Wildman–Crippen MR) is 109 cm³/mol. The molecule has 156 valence electrons. The van der Waals surface area contributed by atoms with Crippen molar-refractivity contribution in [2.45, 2.75) is 13.0 Å². The smallest absolute Gasteiger partial charge is 0.252 e. The van der Waals surface area contributed by atoms with Crippen molar-refractivity contribution in [2.75, 3.05) is 18.5 Å². The first-order valence-electron chi connectivity index (χ1n) is 9.09. The number of rotatable bonds is 9. The Hall–Kier alpha value is -3.46. The lowest BCUT2D eigenvalue weighted by Gasteiger charge is -2.10. The maximum atomic E-state index is 13.1. The Labute approximate surface area is 177 Å². The third kappa shape index (κ3) is 6.28. The molecule has 0 spiro atoms. The Balaban J connectivity index is 1.42. The quantitative estimate of drug-likeness (QED) is 0.543. The van der Waals surface area contributed by atoms with E-state index in [1.807, 2.05) is 0 Å². The highest BCUT2D eigenvalue weighted by atomic mass is 35.5. The summed E-state index contributed by atoms with van der Waals surface area (Å²) < 4.78 is 20.4. The Morgan fingerprint density at radius 1 is 1.20 bits per heavy atom. The van der Waals surface area contributed by atoms with E-state index in [-0.39, 0.29) is 29.5 Å². The van der Waals surface area contributed by atoms with Gasteiger partial charge >= 0.3 is 0 Å². The van der Waals surface area contributed by atoms with E-state index in [1.54, 1.807) is 35.3 Å². The second kappa shape index (κ2) is 10.4. The first-order valence-corrected chi connectivity index (χ1v) is 9.47. The molecule has 0 aliphatic heterocycles. The minimum Gasteiger partial charge on any atom is -0.492 e. The third-order valence-electron chi connectivity index (χ3n) is 3.99. The van der Waals surface area contributed by atoms with Crippen LogP contribution in [-0.4, -0.2) is 39.7 Å². The van der Waals surface area contributed by atoms with E-state index in [2.05, 4.69) is 20.7 Å². The summed E-state index contributed by atoms with van der Waals surface area (Å²) >= 11 is 5.85. The molecule has 0 aliphatic carbocycles. The molecule has 30 heavy (non-hydrogen) atoms. The van der Waals surface area contributed by atoms with Gasteiger partial charge in [-0.1, -0.05) is 17.7 Å². The molecule has 2 aromatic carbocycles. The predicted octanol–water partition coefficient (Wildman–Crippen LogP) is 2.91. The molecule has 1 aromatic heterocycles. The zero-order valence-corrected chi connectivity index (χ0v) is 16.6. The Kier molecular flexibility index (Phi) is 7.34. The summed E-state index contributed by atoms with van der Waals surface area (Å²) in [5, 5.41) is 9.33. The molecule has 0 fully saturated rings. The van der Waals surface area contributed by atoms with E-state index < -0.39 is 11.7 Å². The van der Waals surface area contributed by atoms with Crippen LogP contribution in [0.25, 0.3) is 0 Å². The Bertz CT molecular complexity index is 1010. The molecular formula is C20H19ClFN5O3. The van der Waals surface area contributed by atoms with Crippen LogP contribution in [0.5, 0.6) is 5.75 Å². The maximum Gasteiger partial charge on any atom is 0.252 e. The minimum atomic E-state index is -0.527. The fraction of sp³-hybridized carbons (Fsp3) is 0.200. The second-order valence-corrected chi connectivity index (χ2v) is 6.62. The van der Waals surface area contributed by atoms with E-state index in [9.17, 15) is 14.0 Å². The summed E-state index contributed by atoms with van der Waals surface area (Å²) in [5.74, 6) is -0.677. The van der Waals surface area contributed by atoms with Crippen LogP contribution in [0.1, 0.15) is 16.8 Å². The molecule has 2 amide bonds. The number of hydrogen-bond donors (Lipinski definition) is 2. The summed E-state index contributed by atoms with van der Waals surface area (Å²) in [6.07, 6.45) is 3.11. The average Bonchev–Trinajstić information content (AvgIpc) is 3.21. The zero-order chi connectivity index (χ0) is 21.3. The van der Waals surface area contributed by atoms with Crippen molar-refractivity contribution in [1.29, 1.82) is 0 Å². The van der Waals surface area contributed by atoms with E-state index in [0.717, 1.165) is 12.1 Å². The largest absolute Gasteiger partial charge is 0.492 e. The van der Waals surface area contributed by atoms with Crippen molar-refractivity contribution >= 4 is 29.1 Å². The van der Waals surface area contributed by atoms with Crippen LogP contribution in [0, 0.1) is 5.82 Å². The fourth-order valence-electron chi connectivity index (χ4n) is 2.55. The van der Waals surface area contributed by atoms with Crippen molar-refractivity contribution in [3.63, 3.8) is 0 Å². The topological polar surface area (TPSA) is 98.1 Å². The molecule has 8 nitrogen and oxygen atoms in total. The van der Waals surface area contributed by atoms with Gasteiger partial charge in [0.05, 0.1) is 17.1 Å². The minimum absolute atomic E-state index is 0.0117. The number of aromatic nitrogens is 3. The number of hydrogen-bond acceptors (Lipinski definition) is 5. The summed E-state index contributed by atoms with van der Waals surface area (Å²) in [6, 6.07) is 10.5. The van der Waals surface area contributed by atoms with Crippen LogP contribution < -0.4 is 15.4 Å². The number of carbonyl (C=O) groups excluding carboxylic acids is 2. The molecule has 0 aliphatic rings. The summed E-state index contributed by atoms with van der Waals surface area (Å²) in [6.45, 7) is 1.06. The Morgan fingerprint density at radius 3 is 2.83 bits per heavy atom. The number of carbonyl (C=O) groups is 2. The van der Waals surface area contributed by atoms with Crippen LogP contribution in [0.3, 0.4) is 0 Å². The molecule has 3 aromatic rings. The maximum absolute atomic E-state index is 13.1. The van der Waals surface area contributed by atoms with Crippen LogP contribution in [0.15, 0.2) is 55.1 Å². The standard InChI is InChI=1S/C20H19ClFN5O3/c21-18-10-14(22)4-5-17(18)20(29)24-7-6-19(28)26-15-2-1-3-16(11-15)30-9-8-27-13-23-12-25-27/h1-5,10-13H,6-9H2,(H,24,29)(H,26,28). The molecule has 0 radical (unpaired) electrons. The van der Waals surface area contributed by atoms with Gasteiger partial charge in [0.15, 0.2) is 0 Å². The van der Waals surface area contributed by atoms with Gasteiger partial charge in [0, 0.05) is 24.7 Å². The molecule has 0 bridgehead atoms. The average molecular weight is 432 g/mol. The van der Waals surface area contributed by atoms with Crippen LogP contribution >= 0.6 is 11.6 Å². The molecular weight excluding hydrogens is 413 g/mol. The lowest BCUT2D eigenvalue weighted by atomic mass is 10.2. The molecule has 1 heterocycles. The van der Waals surface area contributed by atoms with Gasteiger partial charge in [0.2, 0.25) is 5.91 Å². The van der Waals surface area contributed by atoms with Crippen molar-refractivity contribution in [2.24, 2.45) is 0 Å². The number of benzene rings is 2. The highest BCUT2D eigenvalue weighted by Gasteiger charge is 2.11. The molecule has 0 atom stereocenters. The molecule has 0 saturated heterocycles. The van der Waals surface area contributed by atoms with Crippen LogP contribution in [0.4, 0.5) is 10.1 Å². The summed E-state index contributed by atoms with van der Waals surface area (Å²) in [7, 11) is 0. The first-order chi connectivity index (χ1) is 14.5. The first kappa shape index (κ1) is 21.3. The number of anilines is 1. The molecule has 0 saturated carbocycles. The number of ether oxygens (including phenoxy) is 1. The van der Waals surface area contributed by atoms with Gasteiger partial charge in [-0.05, 0) is 30.3 Å². The van der Waals surface area contributed by atoms with Gasteiger partial charge < -0.3 is 15.4 Å². The van der Waals surface area contributed by atoms with Gasteiger partial charge in [-0.15, -0.1) is 0 Å². The third-order valence-corrected chi connectivity index (χ3v) is 4.30. The van der Waals surface area contributed by atoms with Gasteiger partial charge in [0.1, 0.15) is 30.8 Å². The van der Waals surface area contributed by atoms with Crippen molar-refractivity contribution in [3.05, 3.63) is 71.5 Å². The summed E-state index contributed by atoms with van der Waals surface area (Å²) in [5.41, 5.74) is 0.723. The molecule has 10 heteroatoms. The second-order valence-electron chi connectivity index (χ2n) is 6.21. The van der Waals surface area contributed by atoms with Crippen molar-refractivity contribution < 1.29 is 18.7 Å². The van der Waals surface area contributed by atoms with E-state index in [4.69, 9.17) is 16.3 Å². The monoisotopic (exact) mass is 431 g/mol. The van der Waals surface area contributed by atoms with Gasteiger partial charge in [-0.2, -0.15) is 5.10 Å². The zero-order valence-electron chi connectivity index (χ0n) is 15.8. The van der Waals surface area contributed by atoms with E-state index in [1.165, 1.54) is 12.4 Å². The molecule has 3 rings (SSSR count).